The second kappa shape index (κ2) is 21.7. The second-order valence-electron chi connectivity index (χ2n) is 15.6. The van der Waals surface area contributed by atoms with Crippen LogP contribution in [0.15, 0.2) is 71.1 Å². The Labute approximate surface area is 353 Å². The van der Waals surface area contributed by atoms with Gasteiger partial charge in [0, 0.05) is 22.3 Å². The van der Waals surface area contributed by atoms with Crippen molar-refractivity contribution in [3.8, 4) is 11.1 Å². The lowest BCUT2D eigenvalue weighted by Gasteiger charge is -2.22. The van der Waals surface area contributed by atoms with Gasteiger partial charge in [-0.15, -0.1) is 0 Å². The number of fused-ring (bicyclic) bond motifs is 4. The van der Waals surface area contributed by atoms with Crippen LogP contribution in [0, 0.1) is 87.3 Å². The maximum Gasteiger partial charge on any atom is 0.279 e. The largest absolute Gasteiger partial charge is 0.450 e. The number of hydrogen-bond acceptors (Lipinski definition) is 1. The van der Waals surface area contributed by atoms with E-state index in [1.54, 1.807) is 69.3 Å². The fourth-order valence-electron chi connectivity index (χ4n) is 7.05. The first-order valence-corrected chi connectivity index (χ1v) is 19.0. The molecule has 2 aliphatic carbocycles. The van der Waals surface area contributed by atoms with E-state index in [4.69, 9.17) is 4.42 Å². The summed E-state index contributed by atoms with van der Waals surface area (Å²) >= 11 is 0. The van der Waals surface area contributed by atoms with Gasteiger partial charge in [0.15, 0.2) is 34.4 Å². The minimum absolute atomic E-state index is 0. The summed E-state index contributed by atoms with van der Waals surface area (Å²) < 4.78 is 114. The molecule has 1 unspecified atom stereocenters. The summed E-state index contributed by atoms with van der Waals surface area (Å²) in [5.41, 5.74) is 2.72. The van der Waals surface area contributed by atoms with Crippen LogP contribution in [0.25, 0.3) is 33.1 Å². The topological polar surface area (TPSA) is 13.1 Å². The Morgan fingerprint density at radius 1 is 0.500 bits per heavy atom. The van der Waals surface area contributed by atoms with E-state index in [-0.39, 0.29) is 69.5 Å². The molecule has 0 radical (unpaired) electrons. The monoisotopic (exact) mass is 844 g/mol. The molecule has 9 heteroatoms. The highest BCUT2D eigenvalue weighted by molar-refractivity contribution is 6.05. The van der Waals surface area contributed by atoms with Crippen LogP contribution >= 0.6 is 0 Å². The average Bonchev–Trinajstić information content (AvgIpc) is 3.66. The smallest absolute Gasteiger partial charge is 0.279 e. The number of alkyl halides is 2. The fraction of sp³-hybridized carbons (Fsp3) is 0.412. The second-order valence-corrected chi connectivity index (χ2v) is 15.6. The number of aryl methyl sites for hydroxylation is 5. The molecule has 0 spiro atoms. The van der Waals surface area contributed by atoms with E-state index in [1.807, 2.05) is 0 Å². The van der Waals surface area contributed by atoms with E-state index < -0.39 is 46.7 Å². The molecule has 1 saturated carbocycles. The Balaban J connectivity index is 0.000000402. The molecular formula is C51H64F8O. The third-order valence-corrected chi connectivity index (χ3v) is 11.0. The molecule has 1 heterocycles. The Bertz CT molecular complexity index is 2280. The SMILES string of the molecule is C.C.C.C.CC1CCC(C)CC1.Cc1ccc(-c2ccc(C)c(F)c2F)cc1F.Cc1ccc2c(c1F)C(F)(F)C(C)C2.Cc1ccc2c(oc3c(F)c(C)ccc32)c1F. The average molecular weight is 845 g/mol. The van der Waals surface area contributed by atoms with Gasteiger partial charge in [-0.25, -0.2) is 35.1 Å². The van der Waals surface area contributed by atoms with Gasteiger partial charge in [-0.3, -0.25) is 0 Å². The van der Waals surface area contributed by atoms with Crippen molar-refractivity contribution in [1.29, 1.82) is 0 Å². The molecule has 0 bridgehead atoms. The van der Waals surface area contributed by atoms with E-state index >= 15 is 0 Å². The van der Waals surface area contributed by atoms with Gasteiger partial charge >= 0.3 is 0 Å². The molecule has 1 fully saturated rings. The van der Waals surface area contributed by atoms with Crippen LogP contribution < -0.4 is 0 Å². The standard InChI is InChI=1S/C14H11F3.C14H10F2O.C11H11F3.C8H16.4CH4/c1-8-3-5-10(7-12(8)15)11-6-4-9(2)13(16)14(11)17;1-7-3-5-9-10-6-4-8(2)12(16)14(10)17-13(9)11(7)15;1-6-3-4-8-5-7(2)11(13,14)9(8)10(6)12;1-7-3-5-8(2)6-4-7;;;;/h3-7H,1-2H3;3-6H,1-2H3;3-4,7H,5H2,1-2H3;7-8H,3-6H2,1-2H3;4*1H4. The zero-order valence-corrected chi connectivity index (χ0v) is 33.1. The van der Waals surface area contributed by atoms with E-state index in [9.17, 15) is 35.1 Å². The molecule has 8 rings (SSSR count). The molecule has 0 amide bonds. The van der Waals surface area contributed by atoms with Gasteiger partial charge in [-0.1, -0.05) is 137 Å². The van der Waals surface area contributed by atoms with Gasteiger partial charge in [-0.05, 0) is 97.9 Å². The Hall–Kier alpha value is -4.66. The maximum absolute atomic E-state index is 13.9. The van der Waals surface area contributed by atoms with Crippen LogP contribution in [0.3, 0.4) is 0 Å². The molecular weight excluding hydrogens is 781 g/mol. The highest BCUT2D eigenvalue weighted by Gasteiger charge is 2.48. The van der Waals surface area contributed by atoms with Crippen molar-refractivity contribution in [3.05, 3.63) is 141 Å². The molecule has 1 atom stereocenters. The predicted octanol–water partition coefficient (Wildman–Crippen LogP) is 17.7. The fourth-order valence-corrected chi connectivity index (χ4v) is 7.05. The van der Waals surface area contributed by atoms with Crippen LogP contribution in [-0.4, -0.2) is 0 Å². The summed E-state index contributed by atoms with van der Waals surface area (Å²) in [7, 11) is 0. The van der Waals surface area contributed by atoms with Crippen molar-refractivity contribution >= 4 is 21.9 Å². The van der Waals surface area contributed by atoms with Crippen molar-refractivity contribution < 1.29 is 39.5 Å². The molecule has 0 saturated heterocycles. The van der Waals surface area contributed by atoms with Crippen molar-refractivity contribution in [2.75, 3.05) is 0 Å². The molecule has 6 aromatic rings. The summed E-state index contributed by atoms with van der Waals surface area (Å²) in [6.45, 7) is 14.1. The lowest BCUT2D eigenvalue weighted by molar-refractivity contribution is -0.0478. The molecule has 330 valence electrons. The van der Waals surface area contributed by atoms with E-state index in [0.717, 1.165) is 11.8 Å². The van der Waals surface area contributed by atoms with Crippen LogP contribution in [0.2, 0.25) is 0 Å². The molecule has 60 heavy (non-hydrogen) atoms. The van der Waals surface area contributed by atoms with Gasteiger partial charge in [-0.2, -0.15) is 0 Å². The lowest BCUT2D eigenvalue weighted by Crippen LogP contribution is -2.19. The van der Waals surface area contributed by atoms with Crippen molar-refractivity contribution in [2.45, 2.75) is 123 Å². The Morgan fingerprint density at radius 3 is 1.40 bits per heavy atom. The maximum atomic E-state index is 13.9. The van der Waals surface area contributed by atoms with Crippen LogP contribution in [0.4, 0.5) is 35.1 Å². The highest BCUT2D eigenvalue weighted by atomic mass is 19.3. The van der Waals surface area contributed by atoms with E-state index in [1.165, 1.54) is 64.7 Å². The molecule has 5 aromatic carbocycles. The Morgan fingerprint density at radius 2 is 0.917 bits per heavy atom. The molecule has 1 nitrogen and oxygen atoms in total. The van der Waals surface area contributed by atoms with Gasteiger partial charge in [0.05, 0.1) is 5.56 Å². The number of furan rings is 1. The molecule has 0 aliphatic heterocycles. The number of benzene rings is 5. The minimum Gasteiger partial charge on any atom is -0.450 e. The van der Waals surface area contributed by atoms with Crippen LogP contribution in [-0.2, 0) is 12.3 Å². The van der Waals surface area contributed by atoms with Crippen molar-refractivity contribution in [2.24, 2.45) is 17.8 Å². The zero-order valence-electron chi connectivity index (χ0n) is 33.1. The molecule has 2 aliphatic rings. The number of halogens is 8. The van der Waals surface area contributed by atoms with Gasteiger partial charge in [0.25, 0.3) is 5.92 Å². The van der Waals surface area contributed by atoms with Crippen molar-refractivity contribution in [3.63, 3.8) is 0 Å². The van der Waals surface area contributed by atoms with Gasteiger partial charge in [0.2, 0.25) is 0 Å². The summed E-state index contributed by atoms with van der Waals surface area (Å²) in [5, 5.41) is 1.23. The zero-order chi connectivity index (χ0) is 41.2. The van der Waals surface area contributed by atoms with Gasteiger partial charge < -0.3 is 4.42 Å². The Kier molecular flexibility index (Phi) is 19.3. The summed E-state index contributed by atoms with van der Waals surface area (Å²) in [4.78, 5) is 0. The summed E-state index contributed by atoms with van der Waals surface area (Å²) in [6.07, 6.45) is 6.16. The molecule has 0 N–H and O–H groups in total. The lowest BCUT2D eigenvalue weighted by atomic mass is 9.84. The van der Waals surface area contributed by atoms with E-state index in [2.05, 4.69) is 13.8 Å². The highest BCUT2D eigenvalue weighted by Crippen LogP contribution is 2.47. The normalized spacial score (nSPS) is 17.1. The number of rotatable bonds is 1. The van der Waals surface area contributed by atoms with Gasteiger partial charge in [0.1, 0.15) is 11.6 Å². The van der Waals surface area contributed by atoms with Crippen LogP contribution in [0.5, 0.6) is 0 Å². The number of hydrogen-bond donors (Lipinski definition) is 0. The quantitative estimate of drug-likeness (QED) is 0.150. The minimum atomic E-state index is -3.01. The first-order chi connectivity index (χ1) is 26.3. The molecule has 1 aromatic heterocycles. The third-order valence-electron chi connectivity index (χ3n) is 11.0. The van der Waals surface area contributed by atoms with E-state index in [0.29, 0.717) is 38.6 Å². The third kappa shape index (κ3) is 11.2. The predicted molar refractivity (Wildman–Crippen MR) is 236 cm³/mol. The summed E-state index contributed by atoms with van der Waals surface area (Å²) in [6, 6.07) is 17.3. The first-order valence-electron chi connectivity index (χ1n) is 19.0. The van der Waals surface area contributed by atoms with Crippen LogP contribution in [0.1, 0.15) is 115 Å². The van der Waals surface area contributed by atoms with Crippen molar-refractivity contribution in [1.82, 2.24) is 0 Å². The summed E-state index contributed by atoms with van der Waals surface area (Å²) in [5.74, 6) is -5.60. The first kappa shape index (κ1) is 53.4.